The molecule has 0 saturated carbocycles. The van der Waals surface area contributed by atoms with Crippen molar-refractivity contribution in [3.05, 3.63) is 23.0 Å². The summed E-state index contributed by atoms with van der Waals surface area (Å²) in [7, 11) is 0. The van der Waals surface area contributed by atoms with E-state index in [1.165, 1.54) is 0 Å². The van der Waals surface area contributed by atoms with Crippen molar-refractivity contribution in [2.45, 2.75) is 46.2 Å². The monoisotopic (exact) mass is 286 g/mol. The van der Waals surface area contributed by atoms with Gasteiger partial charge in [0.25, 0.3) is 5.91 Å². The molecule has 108 valence electrons. The number of hydrogen-bond donors (Lipinski definition) is 2. The number of nitrogens with zero attached hydrogens (tertiary/aromatic N) is 1. The van der Waals surface area contributed by atoms with Crippen LogP contribution in [0.3, 0.4) is 0 Å². The molecule has 1 amide bonds. The summed E-state index contributed by atoms with van der Waals surface area (Å²) in [6.07, 6.45) is 3.45. The highest BCUT2D eigenvalue weighted by molar-refractivity contribution is 6.31. The van der Waals surface area contributed by atoms with Crippen LogP contribution < -0.4 is 5.32 Å². The second-order valence-corrected chi connectivity index (χ2v) is 5.66. The second-order valence-electron chi connectivity index (χ2n) is 5.22. The Morgan fingerprint density at radius 3 is 2.74 bits per heavy atom. The fourth-order valence-electron chi connectivity index (χ4n) is 2.10. The largest absolute Gasteiger partial charge is 0.394 e. The first-order chi connectivity index (χ1) is 8.97. The van der Waals surface area contributed by atoms with Crippen molar-refractivity contribution in [3.8, 4) is 0 Å². The lowest BCUT2D eigenvalue weighted by molar-refractivity contribution is 0.0899. The minimum Gasteiger partial charge on any atom is -0.394 e. The molecular weight excluding hydrogens is 264 g/mol. The van der Waals surface area contributed by atoms with Gasteiger partial charge < -0.3 is 15.0 Å². The van der Waals surface area contributed by atoms with E-state index in [0.29, 0.717) is 16.6 Å². The maximum atomic E-state index is 12.2. The number of halogens is 1. The van der Waals surface area contributed by atoms with Gasteiger partial charge in [0.2, 0.25) is 0 Å². The van der Waals surface area contributed by atoms with Crippen LogP contribution in [0.25, 0.3) is 0 Å². The van der Waals surface area contributed by atoms with Crippen molar-refractivity contribution < 1.29 is 9.90 Å². The fourth-order valence-corrected chi connectivity index (χ4v) is 2.32. The predicted octanol–water partition coefficient (Wildman–Crippen LogP) is 2.69. The van der Waals surface area contributed by atoms with Crippen LogP contribution in [0.5, 0.6) is 0 Å². The Hall–Kier alpha value is -1.00. The van der Waals surface area contributed by atoms with E-state index in [1.807, 2.05) is 11.5 Å². The fraction of sp³-hybridized carbons (Fsp3) is 0.643. The maximum absolute atomic E-state index is 12.2. The lowest BCUT2D eigenvalue weighted by Crippen LogP contribution is -2.39. The first kappa shape index (κ1) is 16.1. The number of carbonyl (C=O) groups excluding carboxylic acids is 1. The maximum Gasteiger partial charge on any atom is 0.268 e. The molecule has 4 nitrogen and oxygen atoms in total. The third-order valence-electron chi connectivity index (χ3n) is 2.87. The number of amides is 1. The van der Waals surface area contributed by atoms with Gasteiger partial charge in [-0.3, -0.25) is 4.79 Å². The zero-order chi connectivity index (χ0) is 14.4. The molecule has 0 bridgehead atoms. The lowest BCUT2D eigenvalue weighted by atomic mass is 10.0. The molecule has 5 heteroatoms. The van der Waals surface area contributed by atoms with Crippen molar-refractivity contribution >= 4 is 17.5 Å². The zero-order valence-electron chi connectivity index (χ0n) is 11.8. The van der Waals surface area contributed by atoms with Gasteiger partial charge in [-0.25, -0.2) is 0 Å². The van der Waals surface area contributed by atoms with Gasteiger partial charge in [-0.15, -0.1) is 0 Å². The van der Waals surface area contributed by atoms with E-state index in [2.05, 4.69) is 19.2 Å². The number of aliphatic hydroxyl groups excluding tert-OH is 1. The number of aliphatic hydroxyl groups is 1. The van der Waals surface area contributed by atoms with Crippen LogP contribution in [0, 0.1) is 5.92 Å². The summed E-state index contributed by atoms with van der Waals surface area (Å²) in [6.45, 7) is 6.87. The van der Waals surface area contributed by atoms with Crippen LogP contribution in [-0.2, 0) is 6.54 Å². The molecule has 1 atom stereocenters. The van der Waals surface area contributed by atoms with E-state index in [1.54, 1.807) is 12.3 Å². The molecule has 2 N–H and O–H groups in total. The number of aromatic nitrogens is 1. The minimum atomic E-state index is -0.212. The molecule has 0 aliphatic rings. The Labute approximate surface area is 119 Å². The summed E-state index contributed by atoms with van der Waals surface area (Å²) in [5, 5.41) is 12.7. The molecule has 1 unspecified atom stereocenters. The van der Waals surface area contributed by atoms with Gasteiger partial charge >= 0.3 is 0 Å². The van der Waals surface area contributed by atoms with Crippen molar-refractivity contribution in [1.29, 1.82) is 0 Å². The lowest BCUT2D eigenvalue weighted by Gasteiger charge is -2.18. The molecular formula is C14H23ClN2O2. The topological polar surface area (TPSA) is 54.3 Å². The normalized spacial score (nSPS) is 12.7. The quantitative estimate of drug-likeness (QED) is 0.810. The molecule has 0 radical (unpaired) electrons. The first-order valence-electron chi connectivity index (χ1n) is 6.75. The molecule has 1 aromatic rings. The number of carbonyl (C=O) groups is 1. The standard InChI is InChI=1S/C14H23ClN2O2/c1-4-5-17-8-11(15)7-13(17)14(19)16-12(9-18)6-10(2)3/h7-8,10,12,18H,4-6,9H2,1-3H3,(H,16,19). The first-order valence-corrected chi connectivity index (χ1v) is 7.13. The number of rotatable bonds is 7. The summed E-state index contributed by atoms with van der Waals surface area (Å²) in [4.78, 5) is 12.2. The molecule has 0 aliphatic heterocycles. The highest BCUT2D eigenvalue weighted by Crippen LogP contribution is 2.15. The van der Waals surface area contributed by atoms with E-state index in [0.717, 1.165) is 19.4 Å². The number of nitrogens with one attached hydrogen (secondary N) is 1. The number of aryl methyl sites for hydroxylation is 1. The molecule has 0 fully saturated rings. The zero-order valence-corrected chi connectivity index (χ0v) is 12.6. The highest BCUT2D eigenvalue weighted by atomic mass is 35.5. The average Bonchev–Trinajstić information content (AvgIpc) is 2.69. The van der Waals surface area contributed by atoms with Gasteiger partial charge in [0.05, 0.1) is 17.7 Å². The Balaban J connectivity index is 2.76. The molecule has 1 heterocycles. The van der Waals surface area contributed by atoms with Gasteiger partial charge in [-0.2, -0.15) is 0 Å². The molecule has 1 rings (SSSR count). The molecule has 0 aromatic carbocycles. The Kier molecular flexibility index (Phi) is 6.38. The Morgan fingerprint density at radius 2 is 2.21 bits per heavy atom. The van der Waals surface area contributed by atoms with Gasteiger partial charge in [0, 0.05) is 12.7 Å². The van der Waals surface area contributed by atoms with Crippen molar-refractivity contribution in [1.82, 2.24) is 9.88 Å². The third-order valence-corrected chi connectivity index (χ3v) is 3.08. The third kappa shape index (κ3) is 4.88. The SMILES string of the molecule is CCCn1cc(Cl)cc1C(=O)NC(CO)CC(C)C. The van der Waals surface area contributed by atoms with Gasteiger partial charge in [-0.05, 0) is 24.8 Å². The Bertz CT molecular complexity index is 416. The van der Waals surface area contributed by atoms with Gasteiger partial charge in [0.1, 0.15) is 5.69 Å². The smallest absolute Gasteiger partial charge is 0.268 e. The molecule has 0 saturated heterocycles. The Morgan fingerprint density at radius 1 is 1.53 bits per heavy atom. The predicted molar refractivity (Wildman–Crippen MR) is 77.5 cm³/mol. The van der Waals surface area contributed by atoms with Crippen LogP contribution in [-0.4, -0.2) is 28.2 Å². The average molecular weight is 287 g/mol. The summed E-state index contributed by atoms with van der Waals surface area (Å²) in [5.41, 5.74) is 0.550. The van der Waals surface area contributed by atoms with Gasteiger partial charge in [0.15, 0.2) is 0 Å². The summed E-state index contributed by atoms with van der Waals surface area (Å²) in [6, 6.07) is 1.45. The van der Waals surface area contributed by atoms with E-state index in [-0.39, 0.29) is 18.6 Å². The van der Waals surface area contributed by atoms with Crippen LogP contribution in [0.1, 0.15) is 44.1 Å². The van der Waals surface area contributed by atoms with E-state index >= 15 is 0 Å². The molecule has 0 spiro atoms. The molecule has 0 aliphatic carbocycles. The molecule has 1 aromatic heterocycles. The van der Waals surface area contributed by atoms with Crippen LogP contribution in [0.2, 0.25) is 5.02 Å². The van der Waals surface area contributed by atoms with Crippen LogP contribution >= 0.6 is 11.6 Å². The second kappa shape index (κ2) is 7.56. The van der Waals surface area contributed by atoms with Crippen molar-refractivity contribution in [2.75, 3.05) is 6.61 Å². The summed E-state index contributed by atoms with van der Waals surface area (Å²) < 4.78 is 1.85. The summed E-state index contributed by atoms with van der Waals surface area (Å²) >= 11 is 5.95. The summed E-state index contributed by atoms with van der Waals surface area (Å²) in [5.74, 6) is 0.239. The highest BCUT2D eigenvalue weighted by Gasteiger charge is 2.17. The van der Waals surface area contributed by atoms with E-state index in [4.69, 9.17) is 11.6 Å². The van der Waals surface area contributed by atoms with Crippen molar-refractivity contribution in [2.24, 2.45) is 5.92 Å². The minimum absolute atomic E-state index is 0.0495. The molecule has 19 heavy (non-hydrogen) atoms. The van der Waals surface area contributed by atoms with Crippen LogP contribution in [0.15, 0.2) is 12.3 Å². The van der Waals surface area contributed by atoms with E-state index < -0.39 is 0 Å². The number of hydrogen-bond acceptors (Lipinski definition) is 2. The van der Waals surface area contributed by atoms with Crippen molar-refractivity contribution in [3.63, 3.8) is 0 Å². The van der Waals surface area contributed by atoms with Crippen LogP contribution in [0.4, 0.5) is 0 Å². The van der Waals surface area contributed by atoms with Gasteiger partial charge in [-0.1, -0.05) is 32.4 Å². The van der Waals surface area contributed by atoms with E-state index in [9.17, 15) is 9.90 Å².